The molecular weight excluding hydrogens is 312 g/mol. The standard InChI is InChI=1S/C17H19ClN4O/c1-11-9-16(23-20-11)14-7-4-8-22(14)10-13-17-12(18)5-3-6-15(17)21(2)19-13/h3,5-6,9,14H,4,7-8,10H2,1-2H3/t14-/m0/s1. The Bertz CT molecular complexity index is 854. The maximum atomic E-state index is 6.42. The van der Waals surface area contributed by atoms with E-state index in [1.807, 2.05) is 36.9 Å². The normalized spacial score (nSPS) is 19.0. The Morgan fingerprint density at radius 2 is 2.26 bits per heavy atom. The summed E-state index contributed by atoms with van der Waals surface area (Å²) in [5.41, 5.74) is 3.02. The molecule has 1 aromatic carbocycles. The van der Waals surface area contributed by atoms with Gasteiger partial charge in [-0.25, -0.2) is 0 Å². The highest BCUT2D eigenvalue weighted by atomic mass is 35.5. The van der Waals surface area contributed by atoms with Gasteiger partial charge in [0.25, 0.3) is 0 Å². The van der Waals surface area contributed by atoms with Crippen LogP contribution in [0.4, 0.5) is 0 Å². The molecule has 1 atom stereocenters. The lowest BCUT2D eigenvalue weighted by molar-refractivity contribution is 0.205. The average Bonchev–Trinajstić information content (AvgIpc) is 3.21. The number of nitrogens with zero attached hydrogens (tertiary/aromatic N) is 4. The number of benzene rings is 1. The van der Waals surface area contributed by atoms with Gasteiger partial charge in [-0.1, -0.05) is 22.8 Å². The monoisotopic (exact) mass is 330 g/mol. The first kappa shape index (κ1) is 14.7. The molecule has 120 valence electrons. The quantitative estimate of drug-likeness (QED) is 0.731. The molecule has 3 aromatic rings. The second kappa shape index (κ2) is 5.65. The molecule has 4 rings (SSSR count). The van der Waals surface area contributed by atoms with Gasteiger partial charge >= 0.3 is 0 Å². The Morgan fingerprint density at radius 1 is 1.39 bits per heavy atom. The van der Waals surface area contributed by atoms with Crippen molar-refractivity contribution in [3.8, 4) is 0 Å². The van der Waals surface area contributed by atoms with Gasteiger partial charge in [-0.15, -0.1) is 0 Å². The van der Waals surface area contributed by atoms with Crippen molar-refractivity contribution in [1.29, 1.82) is 0 Å². The van der Waals surface area contributed by atoms with E-state index in [2.05, 4.69) is 16.1 Å². The molecule has 1 saturated heterocycles. The number of halogens is 1. The highest BCUT2D eigenvalue weighted by Gasteiger charge is 2.30. The van der Waals surface area contributed by atoms with E-state index in [1.54, 1.807) is 0 Å². The van der Waals surface area contributed by atoms with E-state index in [9.17, 15) is 0 Å². The summed E-state index contributed by atoms with van der Waals surface area (Å²) >= 11 is 6.42. The number of aromatic nitrogens is 3. The molecule has 0 radical (unpaired) electrons. The first-order valence-electron chi connectivity index (χ1n) is 7.91. The van der Waals surface area contributed by atoms with Crippen LogP contribution in [0.15, 0.2) is 28.8 Å². The number of rotatable bonds is 3. The summed E-state index contributed by atoms with van der Waals surface area (Å²) in [6.45, 7) is 3.76. The molecule has 0 unspecified atom stereocenters. The van der Waals surface area contributed by atoms with Crippen LogP contribution in [-0.4, -0.2) is 26.4 Å². The highest BCUT2D eigenvalue weighted by molar-refractivity contribution is 6.35. The lowest BCUT2D eigenvalue weighted by Crippen LogP contribution is -2.23. The third-order valence-corrected chi connectivity index (χ3v) is 4.91. The summed E-state index contributed by atoms with van der Waals surface area (Å²) in [5, 5.41) is 10.5. The lowest BCUT2D eigenvalue weighted by atomic mass is 10.1. The molecule has 0 saturated carbocycles. The molecule has 0 bridgehead atoms. The number of hydrogen-bond acceptors (Lipinski definition) is 4. The topological polar surface area (TPSA) is 47.1 Å². The van der Waals surface area contributed by atoms with Crippen LogP contribution in [-0.2, 0) is 13.6 Å². The molecule has 3 heterocycles. The van der Waals surface area contributed by atoms with Crippen molar-refractivity contribution in [2.45, 2.75) is 32.4 Å². The molecule has 1 fully saturated rings. The Kier molecular flexibility index (Phi) is 3.62. The minimum absolute atomic E-state index is 0.274. The highest BCUT2D eigenvalue weighted by Crippen LogP contribution is 2.35. The van der Waals surface area contributed by atoms with Gasteiger partial charge in [0.05, 0.1) is 28.0 Å². The van der Waals surface area contributed by atoms with Crippen LogP contribution in [0.2, 0.25) is 5.02 Å². The second-order valence-electron chi connectivity index (χ2n) is 6.20. The second-order valence-corrected chi connectivity index (χ2v) is 6.61. The Labute approximate surface area is 139 Å². The average molecular weight is 331 g/mol. The summed E-state index contributed by atoms with van der Waals surface area (Å²) in [6, 6.07) is 8.25. The fourth-order valence-electron chi connectivity index (χ4n) is 3.53. The minimum atomic E-state index is 0.274. The number of likely N-dealkylation sites (tertiary alicyclic amines) is 1. The Balaban J connectivity index is 1.67. The molecule has 0 amide bonds. The smallest absolute Gasteiger partial charge is 0.154 e. The molecule has 0 spiro atoms. The predicted molar refractivity (Wildman–Crippen MR) is 89.3 cm³/mol. The SMILES string of the molecule is Cc1cc([C@@H]2CCCN2Cc2nn(C)c3cccc(Cl)c23)on1. The van der Waals surface area contributed by atoms with Crippen LogP contribution < -0.4 is 0 Å². The van der Waals surface area contributed by atoms with Gasteiger partial charge in [-0.05, 0) is 38.4 Å². The number of aryl methyl sites for hydroxylation is 2. The molecule has 5 nitrogen and oxygen atoms in total. The van der Waals surface area contributed by atoms with E-state index >= 15 is 0 Å². The van der Waals surface area contributed by atoms with Crippen LogP contribution in [0.1, 0.15) is 36.0 Å². The minimum Gasteiger partial charge on any atom is -0.359 e. The zero-order valence-corrected chi connectivity index (χ0v) is 14.0. The molecule has 2 aromatic heterocycles. The van der Waals surface area contributed by atoms with Gasteiger partial charge in [0.2, 0.25) is 0 Å². The molecule has 23 heavy (non-hydrogen) atoms. The first-order valence-corrected chi connectivity index (χ1v) is 8.28. The maximum absolute atomic E-state index is 6.42. The zero-order valence-electron chi connectivity index (χ0n) is 13.3. The molecule has 6 heteroatoms. The summed E-state index contributed by atoms with van der Waals surface area (Å²) in [6.07, 6.45) is 2.25. The summed E-state index contributed by atoms with van der Waals surface area (Å²) in [5.74, 6) is 0.950. The van der Waals surface area contributed by atoms with Crippen molar-refractivity contribution in [1.82, 2.24) is 19.8 Å². The molecule has 0 N–H and O–H groups in total. The predicted octanol–water partition coefficient (Wildman–Crippen LogP) is 3.86. The van der Waals surface area contributed by atoms with E-state index in [-0.39, 0.29) is 6.04 Å². The van der Waals surface area contributed by atoms with Gasteiger partial charge in [-0.2, -0.15) is 5.10 Å². The zero-order chi connectivity index (χ0) is 16.0. The van der Waals surface area contributed by atoms with Crippen molar-refractivity contribution < 1.29 is 4.52 Å². The molecule has 1 aliphatic rings. The van der Waals surface area contributed by atoms with E-state index in [0.29, 0.717) is 0 Å². The third-order valence-electron chi connectivity index (χ3n) is 4.59. The van der Waals surface area contributed by atoms with Crippen molar-refractivity contribution in [2.24, 2.45) is 7.05 Å². The number of hydrogen-bond donors (Lipinski definition) is 0. The lowest BCUT2D eigenvalue weighted by Gasteiger charge is -2.21. The van der Waals surface area contributed by atoms with Gasteiger partial charge in [0.1, 0.15) is 0 Å². The van der Waals surface area contributed by atoms with Gasteiger partial charge < -0.3 is 4.52 Å². The van der Waals surface area contributed by atoms with Crippen molar-refractivity contribution in [3.05, 3.63) is 46.4 Å². The summed E-state index contributed by atoms with van der Waals surface area (Å²) < 4.78 is 7.39. The van der Waals surface area contributed by atoms with Crippen LogP contribution in [0.25, 0.3) is 10.9 Å². The van der Waals surface area contributed by atoms with Crippen molar-refractivity contribution >= 4 is 22.5 Å². The van der Waals surface area contributed by atoms with E-state index in [1.165, 1.54) is 0 Å². The maximum Gasteiger partial charge on any atom is 0.154 e. The largest absolute Gasteiger partial charge is 0.359 e. The fourth-order valence-corrected chi connectivity index (χ4v) is 3.81. The van der Waals surface area contributed by atoms with E-state index < -0.39 is 0 Å². The van der Waals surface area contributed by atoms with Crippen molar-refractivity contribution in [2.75, 3.05) is 6.54 Å². The van der Waals surface area contributed by atoms with Crippen LogP contribution in [0.3, 0.4) is 0 Å². The fraction of sp³-hybridized carbons (Fsp3) is 0.412. The van der Waals surface area contributed by atoms with Crippen LogP contribution >= 0.6 is 11.6 Å². The third kappa shape index (κ3) is 2.54. The van der Waals surface area contributed by atoms with Crippen LogP contribution in [0.5, 0.6) is 0 Å². The Morgan fingerprint density at radius 3 is 3.04 bits per heavy atom. The van der Waals surface area contributed by atoms with E-state index in [4.69, 9.17) is 21.2 Å². The summed E-state index contributed by atoms with van der Waals surface area (Å²) in [7, 11) is 1.96. The first-order chi connectivity index (χ1) is 11.1. The number of fused-ring (bicyclic) bond motifs is 1. The van der Waals surface area contributed by atoms with Gasteiger partial charge in [-0.3, -0.25) is 9.58 Å². The van der Waals surface area contributed by atoms with Gasteiger partial charge in [0, 0.05) is 25.0 Å². The molecular formula is C17H19ClN4O. The molecule has 0 aliphatic carbocycles. The molecule has 1 aliphatic heterocycles. The van der Waals surface area contributed by atoms with Gasteiger partial charge in [0.15, 0.2) is 5.76 Å². The Hall–Kier alpha value is -1.85. The van der Waals surface area contributed by atoms with Crippen molar-refractivity contribution in [3.63, 3.8) is 0 Å². The summed E-state index contributed by atoms with van der Waals surface area (Å²) in [4.78, 5) is 2.41. The van der Waals surface area contributed by atoms with E-state index in [0.717, 1.165) is 59.0 Å². The van der Waals surface area contributed by atoms with Crippen LogP contribution in [0, 0.1) is 6.92 Å².